The number of rotatable bonds is 3. The number of nitrogens with zero attached hydrogens (tertiary/aromatic N) is 1. The molecular formula is C17H16N2O2S. The second-order valence-corrected chi connectivity index (χ2v) is 6.93. The third kappa shape index (κ3) is 2.67. The second kappa shape index (κ2) is 5.42. The van der Waals surface area contributed by atoms with Gasteiger partial charge < -0.3 is 0 Å². The highest BCUT2D eigenvalue weighted by Crippen LogP contribution is 2.25. The van der Waals surface area contributed by atoms with Gasteiger partial charge in [-0.15, -0.1) is 0 Å². The molecule has 112 valence electrons. The maximum atomic E-state index is 12.6. The smallest absolute Gasteiger partial charge is 0.262 e. The lowest BCUT2D eigenvalue weighted by Crippen LogP contribution is -2.14. The van der Waals surface area contributed by atoms with Gasteiger partial charge in [0.25, 0.3) is 10.0 Å². The Balaban J connectivity index is 2.07. The second-order valence-electron chi connectivity index (χ2n) is 5.28. The van der Waals surface area contributed by atoms with Crippen molar-refractivity contribution in [2.75, 3.05) is 4.72 Å². The molecule has 1 aromatic heterocycles. The maximum absolute atomic E-state index is 12.6. The van der Waals surface area contributed by atoms with Crippen LogP contribution < -0.4 is 4.72 Å². The molecule has 0 bridgehead atoms. The van der Waals surface area contributed by atoms with Gasteiger partial charge in [0, 0.05) is 17.0 Å². The summed E-state index contributed by atoms with van der Waals surface area (Å²) in [5.74, 6) is 0. The van der Waals surface area contributed by atoms with E-state index in [1.165, 1.54) is 6.20 Å². The SMILES string of the molecule is Cc1ccc(S(=O)(=O)Nc2cncc3ccccc23)c(C)c1. The average Bonchev–Trinajstić information content (AvgIpc) is 2.47. The molecule has 0 saturated carbocycles. The Morgan fingerprint density at radius 2 is 1.77 bits per heavy atom. The van der Waals surface area contributed by atoms with E-state index in [1.54, 1.807) is 25.3 Å². The van der Waals surface area contributed by atoms with Gasteiger partial charge in [-0.25, -0.2) is 8.42 Å². The van der Waals surface area contributed by atoms with E-state index in [4.69, 9.17) is 0 Å². The first-order chi connectivity index (χ1) is 10.5. The molecule has 3 rings (SSSR count). The molecule has 0 spiro atoms. The molecule has 0 unspecified atom stereocenters. The van der Waals surface area contributed by atoms with Gasteiger partial charge >= 0.3 is 0 Å². The fourth-order valence-electron chi connectivity index (χ4n) is 2.50. The van der Waals surface area contributed by atoms with Gasteiger partial charge in [-0.2, -0.15) is 0 Å². The van der Waals surface area contributed by atoms with Crippen LogP contribution in [0.5, 0.6) is 0 Å². The summed E-state index contributed by atoms with van der Waals surface area (Å²) in [5.41, 5.74) is 2.24. The van der Waals surface area contributed by atoms with Gasteiger partial charge in [-0.3, -0.25) is 9.71 Å². The van der Waals surface area contributed by atoms with E-state index in [0.717, 1.165) is 21.9 Å². The van der Waals surface area contributed by atoms with E-state index in [1.807, 2.05) is 37.3 Å². The van der Waals surface area contributed by atoms with Crippen LogP contribution in [0, 0.1) is 13.8 Å². The Morgan fingerprint density at radius 3 is 2.55 bits per heavy atom. The van der Waals surface area contributed by atoms with Crippen molar-refractivity contribution in [2.24, 2.45) is 0 Å². The molecule has 0 atom stereocenters. The van der Waals surface area contributed by atoms with Gasteiger partial charge in [0.1, 0.15) is 0 Å². The summed E-state index contributed by atoms with van der Waals surface area (Å²) in [4.78, 5) is 4.38. The summed E-state index contributed by atoms with van der Waals surface area (Å²) in [6.07, 6.45) is 3.24. The first-order valence-corrected chi connectivity index (χ1v) is 8.38. The summed E-state index contributed by atoms with van der Waals surface area (Å²) < 4.78 is 27.9. The molecule has 4 nitrogen and oxygen atoms in total. The van der Waals surface area contributed by atoms with E-state index < -0.39 is 10.0 Å². The van der Waals surface area contributed by atoms with Crippen LogP contribution in [0.1, 0.15) is 11.1 Å². The molecule has 0 amide bonds. The van der Waals surface area contributed by atoms with Crippen LogP contribution in [0.2, 0.25) is 0 Å². The Kier molecular flexibility index (Phi) is 3.58. The van der Waals surface area contributed by atoms with E-state index in [-0.39, 0.29) is 4.90 Å². The number of fused-ring (bicyclic) bond motifs is 1. The van der Waals surface area contributed by atoms with Gasteiger partial charge in [-0.1, -0.05) is 42.0 Å². The van der Waals surface area contributed by atoms with Crippen molar-refractivity contribution in [1.29, 1.82) is 0 Å². The number of aryl methyl sites for hydroxylation is 2. The predicted octanol–water partition coefficient (Wildman–Crippen LogP) is 3.65. The number of benzene rings is 2. The molecule has 0 saturated heterocycles. The van der Waals surface area contributed by atoms with Gasteiger partial charge in [0.2, 0.25) is 0 Å². The van der Waals surface area contributed by atoms with E-state index in [9.17, 15) is 8.42 Å². The molecule has 22 heavy (non-hydrogen) atoms. The number of nitrogens with one attached hydrogen (secondary N) is 1. The molecule has 0 radical (unpaired) electrons. The Bertz CT molecular complexity index is 945. The van der Waals surface area contributed by atoms with Crippen molar-refractivity contribution in [3.05, 3.63) is 66.0 Å². The van der Waals surface area contributed by atoms with Crippen molar-refractivity contribution in [2.45, 2.75) is 18.7 Å². The summed E-state index contributed by atoms with van der Waals surface area (Å²) in [5, 5.41) is 1.72. The Labute approximate surface area is 129 Å². The minimum absolute atomic E-state index is 0.283. The number of anilines is 1. The van der Waals surface area contributed by atoms with Crippen molar-refractivity contribution in [3.63, 3.8) is 0 Å². The highest BCUT2D eigenvalue weighted by molar-refractivity contribution is 7.92. The zero-order valence-electron chi connectivity index (χ0n) is 12.4. The third-order valence-electron chi connectivity index (χ3n) is 3.53. The van der Waals surface area contributed by atoms with Gasteiger partial charge in [-0.05, 0) is 25.5 Å². The fourth-order valence-corrected chi connectivity index (χ4v) is 3.79. The largest absolute Gasteiger partial charge is 0.277 e. The van der Waals surface area contributed by atoms with E-state index in [0.29, 0.717) is 5.69 Å². The van der Waals surface area contributed by atoms with Crippen molar-refractivity contribution < 1.29 is 8.42 Å². The zero-order valence-corrected chi connectivity index (χ0v) is 13.2. The lowest BCUT2D eigenvalue weighted by molar-refractivity contribution is 0.600. The Morgan fingerprint density at radius 1 is 1.00 bits per heavy atom. The lowest BCUT2D eigenvalue weighted by atomic mass is 10.1. The van der Waals surface area contributed by atoms with E-state index >= 15 is 0 Å². The predicted molar refractivity (Wildman–Crippen MR) is 88.5 cm³/mol. The number of sulfonamides is 1. The first-order valence-electron chi connectivity index (χ1n) is 6.90. The highest BCUT2D eigenvalue weighted by atomic mass is 32.2. The maximum Gasteiger partial charge on any atom is 0.262 e. The topological polar surface area (TPSA) is 59.1 Å². The van der Waals surface area contributed by atoms with Crippen LogP contribution in [0.15, 0.2) is 59.8 Å². The molecule has 1 N–H and O–H groups in total. The summed E-state index contributed by atoms with van der Waals surface area (Å²) in [7, 11) is -3.64. The van der Waals surface area contributed by atoms with Gasteiger partial charge in [0.05, 0.1) is 16.8 Å². The summed E-state index contributed by atoms with van der Waals surface area (Å²) in [6, 6.07) is 12.8. The van der Waals surface area contributed by atoms with Crippen LogP contribution in [-0.4, -0.2) is 13.4 Å². The minimum atomic E-state index is -3.64. The Hall–Kier alpha value is -2.40. The number of pyridine rings is 1. The van der Waals surface area contributed by atoms with Crippen molar-refractivity contribution in [3.8, 4) is 0 Å². The molecular weight excluding hydrogens is 296 g/mol. The summed E-state index contributed by atoms with van der Waals surface area (Å²) >= 11 is 0. The monoisotopic (exact) mass is 312 g/mol. The number of hydrogen-bond acceptors (Lipinski definition) is 3. The quantitative estimate of drug-likeness (QED) is 0.803. The van der Waals surface area contributed by atoms with Crippen molar-refractivity contribution in [1.82, 2.24) is 4.98 Å². The molecule has 2 aromatic carbocycles. The van der Waals surface area contributed by atoms with Crippen LogP contribution >= 0.6 is 0 Å². The molecule has 5 heteroatoms. The lowest BCUT2D eigenvalue weighted by Gasteiger charge is -2.12. The van der Waals surface area contributed by atoms with Gasteiger partial charge in [0.15, 0.2) is 0 Å². The van der Waals surface area contributed by atoms with Crippen LogP contribution in [0.4, 0.5) is 5.69 Å². The number of aromatic nitrogens is 1. The fraction of sp³-hybridized carbons (Fsp3) is 0.118. The normalized spacial score (nSPS) is 11.5. The zero-order chi connectivity index (χ0) is 15.7. The average molecular weight is 312 g/mol. The highest BCUT2D eigenvalue weighted by Gasteiger charge is 2.18. The molecule has 0 aliphatic rings. The van der Waals surface area contributed by atoms with Crippen molar-refractivity contribution >= 4 is 26.5 Å². The standard InChI is InChI=1S/C17H16N2O2S/c1-12-7-8-17(13(2)9-12)22(20,21)19-16-11-18-10-14-5-3-4-6-15(14)16/h3-11,19H,1-2H3. The molecule has 0 aliphatic heterocycles. The number of hydrogen-bond donors (Lipinski definition) is 1. The third-order valence-corrected chi connectivity index (χ3v) is 5.06. The minimum Gasteiger partial charge on any atom is -0.277 e. The molecule has 3 aromatic rings. The van der Waals surface area contributed by atoms with Crippen LogP contribution in [-0.2, 0) is 10.0 Å². The molecule has 0 fully saturated rings. The van der Waals surface area contributed by atoms with Crippen LogP contribution in [0.3, 0.4) is 0 Å². The van der Waals surface area contributed by atoms with Crippen LogP contribution in [0.25, 0.3) is 10.8 Å². The first kappa shape index (κ1) is 14.5. The molecule has 1 heterocycles. The summed E-state index contributed by atoms with van der Waals surface area (Å²) in [6.45, 7) is 3.73. The van der Waals surface area contributed by atoms with E-state index in [2.05, 4.69) is 9.71 Å². The molecule has 0 aliphatic carbocycles.